The van der Waals surface area contributed by atoms with Gasteiger partial charge in [0.15, 0.2) is 6.29 Å². The van der Waals surface area contributed by atoms with Crippen LogP contribution in [-0.4, -0.2) is 202 Å². The number of methoxy groups -OCH3 is 3. The van der Waals surface area contributed by atoms with Crippen molar-refractivity contribution in [3.8, 4) is 0 Å². The van der Waals surface area contributed by atoms with Crippen LogP contribution in [0.4, 0.5) is 4.79 Å². The summed E-state index contributed by atoms with van der Waals surface area (Å²) in [6.07, 6.45) is -1.25. The summed E-state index contributed by atoms with van der Waals surface area (Å²) in [4.78, 5) is 103. The van der Waals surface area contributed by atoms with Crippen LogP contribution in [0.1, 0.15) is 125 Å². The summed E-state index contributed by atoms with van der Waals surface area (Å²) in [5.74, 6) is -3.13. The van der Waals surface area contributed by atoms with E-state index in [9.17, 15) is 38.7 Å². The molecule has 4 N–H and O–H groups in total. The number of alkyl carbamates (subject to hydrolysis) is 1. The van der Waals surface area contributed by atoms with Gasteiger partial charge < -0.3 is 64.2 Å². The fourth-order valence-electron chi connectivity index (χ4n) is 10.7. The summed E-state index contributed by atoms with van der Waals surface area (Å²) in [5, 5.41) is 18.0. The van der Waals surface area contributed by atoms with Crippen LogP contribution in [0.15, 0.2) is 30.3 Å². The predicted octanol–water partition coefficient (Wildman–Crippen LogP) is 4.29. The smallest absolute Gasteiger partial charge is 0.407 e. The first-order valence-corrected chi connectivity index (χ1v) is 27.6. The lowest BCUT2D eigenvalue weighted by molar-refractivity contribution is -0.181. The molecule has 6 amide bonds. The molecule has 2 saturated heterocycles. The molecule has 0 saturated carbocycles. The molecule has 2 aliphatic rings. The van der Waals surface area contributed by atoms with Gasteiger partial charge in [0.05, 0.1) is 61.4 Å². The highest BCUT2D eigenvalue weighted by atomic mass is 16.7. The van der Waals surface area contributed by atoms with E-state index in [4.69, 9.17) is 28.4 Å². The third-order valence-electron chi connectivity index (χ3n) is 15.2. The fraction of sp³-hybridized carbons (Fsp3) is 0.768. The second-order valence-electron chi connectivity index (χ2n) is 21.6. The summed E-state index contributed by atoms with van der Waals surface area (Å²) >= 11 is 0. The molecule has 0 radical (unpaired) electrons. The number of carbonyl (C=O) groups excluding carboxylic acids is 7. The normalized spacial score (nSPS) is 20.0. The number of esters is 1. The van der Waals surface area contributed by atoms with Crippen LogP contribution >= 0.6 is 0 Å². The minimum absolute atomic E-state index is 0.00952. The van der Waals surface area contributed by atoms with Crippen LogP contribution in [0.3, 0.4) is 0 Å². The maximum absolute atomic E-state index is 14.5. The molecule has 0 spiro atoms. The third-order valence-corrected chi connectivity index (χ3v) is 15.2. The number of likely N-dealkylation sites (tertiary alicyclic amines) is 2. The lowest BCUT2D eigenvalue weighted by atomic mass is 9.89. The average Bonchev–Trinajstić information content (AvgIpc) is 4.11. The minimum Gasteiger partial charge on any atom is -0.454 e. The minimum atomic E-state index is -0.944. The van der Waals surface area contributed by atoms with E-state index in [1.54, 1.807) is 55.0 Å². The van der Waals surface area contributed by atoms with Crippen LogP contribution in [0.25, 0.3) is 0 Å². The van der Waals surface area contributed by atoms with E-state index < -0.39 is 84.9 Å². The quantitative estimate of drug-likeness (QED) is 0.0581. The van der Waals surface area contributed by atoms with E-state index in [1.807, 2.05) is 73.5 Å². The van der Waals surface area contributed by atoms with E-state index in [0.29, 0.717) is 57.2 Å². The molecule has 2 aliphatic heterocycles. The molecule has 21 heteroatoms. The number of rotatable bonds is 32. The second-order valence-corrected chi connectivity index (χ2v) is 21.6. The Morgan fingerprint density at radius 3 is 1.99 bits per heavy atom. The Hall–Kier alpha value is -4.93. The lowest BCUT2D eigenvalue weighted by Gasteiger charge is -2.41. The number of nitrogens with zero attached hydrogens (tertiary/aromatic N) is 4. The third kappa shape index (κ3) is 18.9. The molecule has 0 bridgehead atoms. The summed E-state index contributed by atoms with van der Waals surface area (Å²) in [6.45, 7) is 17.3. The topological polar surface area (TPSA) is 244 Å². The Bertz CT molecular complexity index is 2000. The van der Waals surface area contributed by atoms with Gasteiger partial charge in [0, 0.05) is 54.4 Å². The van der Waals surface area contributed by atoms with Crippen molar-refractivity contribution in [2.24, 2.45) is 23.7 Å². The molecular weight excluding hydrogens is 995 g/mol. The number of nitrogens with one attached hydrogen (secondary N) is 3. The number of hydrogen-bond acceptors (Lipinski definition) is 15. The maximum Gasteiger partial charge on any atom is 0.407 e. The zero-order chi connectivity index (χ0) is 57.7. The number of benzene rings is 1. The van der Waals surface area contributed by atoms with Crippen LogP contribution in [-0.2, 0) is 57.2 Å². The summed E-state index contributed by atoms with van der Waals surface area (Å²) < 4.78 is 34.3. The van der Waals surface area contributed by atoms with Gasteiger partial charge in [0.25, 0.3) is 0 Å². The van der Waals surface area contributed by atoms with Gasteiger partial charge in [0.1, 0.15) is 24.8 Å². The van der Waals surface area contributed by atoms with Gasteiger partial charge in [-0.1, -0.05) is 92.1 Å². The Balaban J connectivity index is 1.72. The summed E-state index contributed by atoms with van der Waals surface area (Å²) in [5.41, 5.74) is 0.628. The van der Waals surface area contributed by atoms with Gasteiger partial charge in [-0.2, -0.15) is 0 Å². The Morgan fingerprint density at radius 2 is 1.43 bits per heavy atom. The summed E-state index contributed by atoms with van der Waals surface area (Å²) in [6, 6.07) is 5.16. The SMILES string of the molecule is CCC(CO)OC(COC(=O)NCCC(=O)N1CCCC1C(=O)O[C@@H](c1ccccc1)[C@@H](C)NC(=O)[C@H](C)[C@@H](OC)[C@@H]1CCCN1C(=O)C[C@@H](OC)[C@H]([C@@H](C)CC)N(C)C(=O)C(NC(=O)[C@H](C(C)C)N(C)C)C(C)C)OC. The highest BCUT2D eigenvalue weighted by Crippen LogP contribution is 2.31. The van der Waals surface area contributed by atoms with Gasteiger partial charge in [-0.3, -0.25) is 28.9 Å². The summed E-state index contributed by atoms with van der Waals surface area (Å²) in [7, 11) is 9.84. The molecular formula is C56H95N7O14. The van der Waals surface area contributed by atoms with Crippen molar-refractivity contribution in [3.05, 3.63) is 35.9 Å². The molecule has 77 heavy (non-hydrogen) atoms. The van der Waals surface area contributed by atoms with Gasteiger partial charge in [-0.15, -0.1) is 0 Å². The standard InChI is InChI=1S/C56H95N7O14/c1-16-36(7)49(61(12)54(69)47(34(3)4)59-53(68)48(35(5)6)60(10)11)43(72-13)31-45(66)62-29-21-25-41(62)50(74-15)37(8)52(67)58-38(9)51(39-23-19-18-20-24-39)77-55(70)42-26-22-30-63(42)44(65)27-28-57-56(71)75-33-46(73-14)76-40(17-2)32-64/h18-20,23-24,34-38,40-43,46-51,64H,16-17,21-22,25-33H2,1-15H3,(H,57,71)(H,58,67)(H,59,68)/t36-,37+,38+,40?,41-,42?,43+,46?,47?,48-,49-,50+,51+/m0/s1. The van der Waals surface area contributed by atoms with E-state index in [1.165, 1.54) is 26.2 Å². The average molecular weight is 1090 g/mol. The van der Waals surface area contributed by atoms with Gasteiger partial charge in [0.2, 0.25) is 29.5 Å². The number of amides is 6. The molecule has 21 nitrogen and oxygen atoms in total. The van der Waals surface area contributed by atoms with E-state index in [-0.39, 0.29) is 79.9 Å². The van der Waals surface area contributed by atoms with Gasteiger partial charge in [-0.05, 0) is 76.4 Å². The van der Waals surface area contributed by atoms with Crippen molar-refractivity contribution in [2.45, 2.75) is 181 Å². The number of aliphatic hydroxyl groups is 1. The highest BCUT2D eigenvalue weighted by molar-refractivity contribution is 5.90. The Morgan fingerprint density at radius 1 is 0.779 bits per heavy atom. The molecule has 0 aromatic heterocycles. The number of carbonyl (C=O) groups is 7. The fourth-order valence-corrected chi connectivity index (χ4v) is 10.7. The zero-order valence-corrected chi connectivity index (χ0v) is 48.8. The van der Waals surface area contributed by atoms with Crippen molar-refractivity contribution >= 4 is 41.6 Å². The molecule has 13 atom stereocenters. The molecule has 4 unspecified atom stereocenters. The highest BCUT2D eigenvalue weighted by Gasteiger charge is 2.44. The second kappa shape index (κ2) is 32.8. The van der Waals surface area contributed by atoms with Crippen molar-refractivity contribution in [1.29, 1.82) is 0 Å². The van der Waals surface area contributed by atoms with Gasteiger partial charge in [-0.25, -0.2) is 9.59 Å². The lowest BCUT2D eigenvalue weighted by Crippen LogP contribution is -2.59. The largest absolute Gasteiger partial charge is 0.454 e. The number of aliphatic hydroxyl groups excluding tert-OH is 1. The molecule has 438 valence electrons. The van der Waals surface area contributed by atoms with Crippen molar-refractivity contribution in [1.82, 2.24) is 35.6 Å². The van der Waals surface area contributed by atoms with Gasteiger partial charge >= 0.3 is 12.1 Å². The molecule has 1 aromatic carbocycles. The predicted molar refractivity (Wildman–Crippen MR) is 290 cm³/mol. The molecule has 2 fully saturated rings. The van der Waals surface area contributed by atoms with Crippen LogP contribution in [0.5, 0.6) is 0 Å². The first-order valence-electron chi connectivity index (χ1n) is 27.6. The Labute approximate surface area is 458 Å². The maximum atomic E-state index is 14.5. The van der Waals surface area contributed by atoms with Crippen molar-refractivity contribution in [2.75, 3.05) is 75.3 Å². The van der Waals surface area contributed by atoms with E-state index in [2.05, 4.69) is 16.0 Å². The molecule has 1 aromatic rings. The number of ether oxygens (including phenoxy) is 6. The molecule has 0 aliphatic carbocycles. The van der Waals surface area contributed by atoms with Crippen LogP contribution in [0, 0.1) is 23.7 Å². The van der Waals surface area contributed by atoms with Crippen LogP contribution < -0.4 is 16.0 Å². The van der Waals surface area contributed by atoms with Crippen molar-refractivity contribution < 1.29 is 67.1 Å². The molecule has 3 rings (SSSR count). The monoisotopic (exact) mass is 1090 g/mol. The first-order chi connectivity index (χ1) is 36.5. The first kappa shape index (κ1) is 66.4. The number of hydrogen-bond donors (Lipinski definition) is 4. The van der Waals surface area contributed by atoms with E-state index in [0.717, 1.165) is 0 Å². The van der Waals surface area contributed by atoms with E-state index >= 15 is 0 Å². The van der Waals surface area contributed by atoms with Crippen LogP contribution in [0.2, 0.25) is 0 Å². The Kier molecular flexibility index (Phi) is 28.3. The number of likely N-dealkylation sites (N-methyl/N-ethyl adjacent to an activating group) is 2. The zero-order valence-electron chi connectivity index (χ0n) is 48.8. The van der Waals surface area contributed by atoms with Crippen molar-refractivity contribution in [3.63, 3.8) is 0 Å². The molecule has 2 heterocycles.